The lowest BCUT2D eigenvalue weighted by Gasteiger charge is -2.44. The van der Waals surface area contributed by atoms with Gasteiger partial charge in [-0.1, -0.05) is 45.2 Å². The monoisotopic (exact) mass is 482 g/mol. The summed E-state index contributed by atoms with van der Waals surface area (Å²) in [7, 11) is -2.00. The van der Waals surface area contributed by atoms with Gasteiger partial charge in [-0.15, -0.1) is 0 Å². The molecule has 0 aromatic carbocycles. The maximum atomic E-state index is 13.0. The topological polar surface area (TPSA) is 94.2 Å². The molecule has 32 heavy (non-hydrogen) atoms. The van der Waals surface area contributed by atoms with Gasteiger partial charge in [0.15, 0.2) is 8.32 Å². The van der Waals surface area contributed by atoms with Gasteiger partial charge in [0.1, 0.15) is 12.0 Å². The predicted octanol–water partition coefficient (Wildman–Crippen LogP) is 4.11. The van der Waals surface area contributed by atoms with Crippen LogP contribution < -0.4 is 5.32 Å². The Labute approximate surface area is 195 Å². The van der Waals surface area contributed by atoms with E-state index in [1.54, 1.807) is 0 Å². The molecule has 0 unspecified atom stereocenters. The summed E-state index contributed by atoms with van der Waals surface area (Å²) in [6, 6.07) is -0.0442. The van der Waals surface area contributed by atoms with E-state index < -0.39 is 14.5 Å². The van der Waals surface area contributed by atoms with E-state index in [1.807, 2.05) is 0 Å². The summed E-state index contributed by atoms with van der Waals surface area (Å²) in [5.41, 5.74) is 0. The average molecular weight is 483 g/mol. The van der Waals surface area contributed by atoms with Crippen LogP contribution in [0, 0.1) is 5.92 Å². The van der Waals surface area contributed by atoms with Crippen LogP contribution >= 0.6 is 11.8 Å². The van der Waals surface area contributed by atoms with E-state index in [2.05, 4.69) is 45.8 Å². The molecule has 0 radical (unpaired) electrons. The van der Waals surface area contributed by atoms with Crippen molar-refractivity contribution in [3.05, 3.63) is 23.4 Å². The molecule has 3 heterocycles. The number of carbonyl (C=O) groups excluding carboxylic acids is 3. The Morgan fingerprint density at radius 3 is 2.69 bits per heavy atom. The molecule has 10 heteroatoms. The molecule has 1 N–H and O–H groups in total. The highest BCUT2D eigenvalue weighted by Gasteiger charge is 2.56. The maximum absolute atomic E-state index is 13.0. The molecule has 0 spiro atoms. The van der Waals surface area contributed by atoms with Crippen LogP contribution in [0.1, 0.15) is 46.5 Å². The molecule has 8 nitrogen and oxygen atoms in total. The smallest absolute Gasteiger partial charge is 0.430 e. The fourth-order valence-electron chi connectivity index (χ4n) is 3.61. The molecular formula is C22H34N2O6SSi. The zero-order valence-corrected chi connectivity index (χ0v) is 21.4. The van der Waals surface area contributed by atoms with E-state index in [4.69, 9.17) is 13.9 Å². The Hall–Kier alpha value is -1.78. The normalized spacial score (nSPS) is 25.8. The minimum absolute atomic E-state index is 0.0215. The summed E-state index contributed by atoms with van der Waals surface area (Å²) in [5.74, 6) is -0.161. The molecular weight excluding hydrogens is 448 g/mol. The molecule has 3 atom stereocenters. The molecule has 0 saturated carbocycles. The minimum Gasteiger partial charge on any atom is -0.430 e. The number of amides is 2. The van der Waals surface area contributed by atoms with E-state index in [1.165, 1.54) is 22.7 Å². The molecule has 0 bridgehead atoms. The number of piperidine rings is 1. The Morgan fingerprint density at radius 1 is 1.34 bits per heavy atom. The van der Waals surface area contributed by atoms with Gasteiger partial charge in [0.05, 0.1) is 10.8 Å². The average Bonchev–Trinajstić information content (AvgIpc) is 2.99. The summed E-state index contributed by atoms with van der Waals surface area (Å²) < 4.78 is 16.7. The van der Waals surface area contributed by atoms with Gasteiger partial charge in [-0.3, -0.25) is 14.5 Å². The number of ether oxygens (including phenoxy) is 2. The first-order valence-electron chi connectivity index (χ1n) is 11.1. The van der Waals surface area contributed by atoms with Crippen LogP contribution in [0.25, 0.3) is 0 Å². The Morgan fingerprint density at radius 2 is 2.06 bits per heavy atom. The highest BCUT2D eigenvalue weighted by molar-refractivity contribution is 8.04. The number of β-lactam (4-membered cyclic amide) rings is 1. The lowest BCUT2D eigenvalue weighted by molar-refractivity contribution is -0.151. The second-order valence-electron chi connectivity index (χ2n) is 9.94. The van der Waals surface area contributed by atoms with Gasteiger partial charge in [0, 0.05) is 25.5 Å². The standard InChI is InChI=1S/C22H34N2O6SSi/c1-7-11-28-21(27)30-19-16(12-14-9-8-10-17(25)23-14)31-20-15(18(26)24(19)20)13-29-32(5,6)22(2,3)4/h7,14-15,20H,1,8-13H2,2-6H3,(H,23,25)/t14-,15+,20-/m1/s1. The fourth-order valence-corrected chi connectivity index (χ4v) is 6.13. The van der Waals surface area contributed by atoms with Crippen LogP contribution in [0.2, 0.25) is 18.1 Å². The van der Waals surface area contributed by atoms with Crippen molar-refractivity contribution in [1.82, 2.24) is 10.2 Å². The number of nitrogens with one attached hydrogen (secondary N) is 1. The summed E-state index contributed by atoms with van der Waals surface area (Å²) >= 11 is 1.52. The van der Waals surface area contributed by atoms with Crippen LogP contribution in [0.15, 0.2) is 23.4 Å². The first-order chi connectivity index (χ1) is 14.9. The van der Waals surface area contributed by atoms with Crippen molar-refractivity contribution >= 4 is 38.0 Å². The number of hydrogen-bond acceptors (Lipinski definition) is 7. The Bertz CT molecular complexity index is 822. The van der Waals surface area contributed by atoms with Crippen molar-refractivity contribution in [2.45, 2.75) is 76.0 Å². The van der Waals surface area contributed by atoms with Gasteiger partial charge < -0.3 is 19.2 Å². The van der Waals surface area contributed by atoms with Crippen molar-refractivity contribution in [2.75, 3.05) is 13.2 Å². The van der Waals surface area contributed by atoms with Gasteiger partial charge in [0.25, 0.3) is 0 Å². The summed E-state index contributed by atoms with van der Waals surface area (Å²) in [4.78, 5) is 39.2. The third-order valence-corrected chi connectivity index (χ3v) is 12.5. The minimum atomic E-state index is -2.00. The molecule has 3 aliphatic rings. The summed E-state index contributed by atoms with van der Waals surface area (Å²) in [6.07, 6.45) is 3.28. The predicted molar refractivity (Wildman–Crippen MR) is 125 cm³/mol. The first-order valence-corrected chi connectivity index (χ1v) is 14.8. The van der Waals surface area contributed by atoms with Gasteiger partial charge in [0.2, 0.25) is 17.7 Å². The van der Waals surface area contributed by atoms with E-state index in [0.29, 0.717) is 19.4 Å². The van der Waals surface area contributed by atoms with E-state index in [-0.39, 0.29) is 46.7 Å². The molecule has 2 saturated heterocycles. The third-order valence-electron chi connectivity index (χ3n) is 6.56. The second-order valence-corrected chi connectivity index (χ2v) is 16.0. The van der Waals surface area contributed by atoms with E-state index >= 15 is 0 Å². The second kappa shape index (κ2) is 9.60. The van der Waals surface area contributed by atoms with Gasteiger partial charge in [-0.25, -0.2) is 4.79 Å². The number of hydrogen-bond donors (Lipinski definition) is 1. The molecule has 3 rings (SSSR count). The van der Waals surface area contributed by atoms with Crippen LogP contribution in [0.3, 0.4) is 0 Å². The number of carbonyl (C=O) groups is 3. The molecule has 3 aliphatic heterocycles. The summed E-state index contributed by atoms with van der Waals surface area (Å²) in [6.45, 7) is 14.7. The highest BCUT2D eigenvalue weighted by Crippen LogP contribution is 2.51. The molecule has 2 fully saturated rings. The molecule has 0 aliphatic carbocycles. The summed E-state index contributed by atoms with van der Waals surface area (Å²) in [5, 5.41) is 2.86. The molecule has 2 amide bonds. The van der Waals surface area contributed by atoms with Crippen molar-refractivity contribution in [1.29, 1.82) is 0 Å². The van der Waals surface area contributed by atoms with Gasteiger partial charge in [-0.05, 0) is 31.0 Å². The fraction of sp³-hybridized carbons (Fsp3) is 0.682. The molecule has 0 aromatic heterocycles. The highest BCUT2D eigenvalue weighted by atomic mass is 32.2. The van der Waals surface area contributed by atoms with Crippen molar-refractivity contribution in [3.63, 3.8) is 0 Å². The SMILES string of the molecule is C=CCOC(=O)OC1=C(C[C@H]2CCCC(=O)N2)S[C@@H]2[C@@H](CO[Si](C)(C)C(C)(C)C)C(=O)N12. The zero-order chi connectivity index (χ0) is 23.7. The lowest BCUT2D eigenvalue weighted by Crippen LogP contribution is -2.59. The first kappa shape index (κ1) is 24.9. The quantitative estimate of drug-likeness (QED) is 0.241. The number of fused-ring (bicyclic) bond motifs is 1. The van der Waals surface area contributed by atoms with Crippen molar-refractivity contribution in [3.8, 4) is 0 Å². The van der Waals surface area contributed by atoms with Crippen LogP contribution in [0.5, 0.6) is 0 Å². The lowest BCUT2D eigenvalue weighted by atomic mass is 9.99. The Balaban J connectivity index is 1.72. The number of rotatable bonds is 8. The Kier molecular flexibility index (Phi) is 7.46. The largest absolute Gasteiger partial charge is 0.515 e. The van der Waals surface area contributed by atoms with Gasteiger partial charge in [-0.2, -0.15) is 0 Å². The number of nitrogens with zero attached hydrogens (tertiary/aromatic N) is 1. The van der Waals surface area contributed by atoms with Crippen molar-refractivity contribution < 1.29 is 28.3 Å². The zero-order valence-electron chi connectivity index (χ0n) is 19.6. The van der Waals surface area contributed by atoms with Crippen LogP contribution in [-0.2, 0) is 23.5 Å². The molecule has 178 valence electrons. The van der Waals surface area contributed by atoms with Gasteiger partial charge >= 0.3 is 6.16 Å². The van der Waals surface area contributed by atoms with Crippen LogP contribution in [-0.4, -0.2) is 55.8 Å². The van der Waals surface area contributed by atoms with E-state index in [9.17, 15) is 14.4 Å². The van der Waals surface area contributed by atoms with Crippen LogP contribution in [0.4, 0.5) is 4.79 Å². The number of thioether (sulfide) groups is 1. The van der Waals surface area contributed by atoms with Crippen molar-refractivity contribution in [2.24, 2.45) is 5.92 Å². The third kappa shape index (κ3) is 5.23. The maximum Gasteiger partial charge on any atom is 0.515 e. The van der Waals surface area contributed by atoms with E-state index in [0.717, 1.165) is 17.7 Å². The molecule has 0 aromatic rings.